The maximum atomic E-state index is 13.5. The standard InChI is InChI=1S/C25H27N3O6S/c26-16-35(33,34)28-13-12-22(28)24(30)27(20-10-11-21(25(31)32)23(29)14-20)15-17-6-8-19(9-7-17)18-4-2-1-3-5-18/h6-11,14,18,22,29H,1-5,12-13,15H2,(H,31,32). The Morgan fingerprint density at radius 3 is 2.29 bits per heavy atom. The van der Waals surface area contributed by atoms with Crippen LogP contribution in [0.4, 0.5) is 5.69 Å². The Hall–Kier alpha value is -3.42. The summed E-state index contributed by atoms with van der Waals surface area (Å²) in [5.74, 6) is -1.84. The number of aromatic carboxylic acids is 1. The molecule has 1 atom stereocenters. The normalized spacial score (nSPS) is 18.9. The molecule has 184 valence electrons. The Balaban J connectivity index is 1.63. The minimum Gasteiger partial charge on any atom is -0.507 e. The fraction of sp³-hybridized carbons (Fsp3) is 0.400. The van der Waals surface area contributed by atoms with Crippen LogP contribution in [0.15, 0.2) is 42.5 Å². The molecule has 35 heavy (non-hydrogen) atoms. The van der Waals surface area contributed by atoms with E-state index in [-0.39, 0.29) is 30.8 Å². The molecule has 0 spiro atoms. The largest absolute Gasteiger partial charge is 0.507 e. The molecule has 10 heteroatoms. The first-order valence-electron chi connectivity index (χ1n) is 11.6. The summed E-state index contributed by atoms with van der Waals surface area (Å²) in [6.07, 6.45) is 6.27. The number of benzene rings is 2. The first-order valence-corrected chi connectivity index (χ1v) is 13.0. The molecule has 1 amide bonds. The Bertz CT molecular complexity index is 1260. The molecular weight excluding hydrogens is 470 g/mol. The zero-order chi connectivity index (χ0) is 25.2. The van der Waals surface area contributed by atoms with Crippen LogP contribution in [0.2, 0.25) is 0 Å². The summed E-state index contributed by atoms with van der Waals surface area (Å²) in [4.78, 5) is 26.1. The molecule has 2 fully saturated rings. The van der Waals surface area contributed by atoms with E-state index < -0.39 is 33.7 Å². The molecule has 2 aliphatic rings. The number of carbonyl (C=O) groups is 2. The van der Waals surface area contributed by atoms with Crippen LogP contribution in [-0.2, 0) is 21.4 Å². The summed E-state index contributed by atoms with van der Waals surface area (Å²) in [6.45, 7) is 0.159. The highest BCUT2D eigenvalue weighted by Gasteiger charge is 2.44. The molecule has 1 heterocycles. The molecule has 1 aliphatic carbocycles. The lowest BCUT2D eigenvalue weighted by Gasteiger charge is -2.39. The number of aromatic hydroxyl groups is 1. The van der Waals surface area contributed by atoms with Gasteiger partial charge in [-0.2, -0.15) is 18.0 Å². The lowest BCUT2D eigenvalue weighted by Crippen LogP contribution is -2.58. The highest BCUT2D eigenvalue weighted by atomic mass is 32.2. The van der Waals surface area contributed by atoms with Gasteiger partial charge in [-0.15, -0.1) is 0 Å². The number of carbonyl (C=O) groups excluding carboxylic acids is 1. The zero-order valence-corrected chi connectivity index (χ0v) is 19.9. The molecule has 0 bridgehead atoms. The van der Waals surface area contributed by atoms with Crippen LogP contribution in [0.3, 0.4) is 0 Å². The van der Waals surface area contributed by atoms with Gasteiger partial charge >= 0.3 is 16.0 Å². The number of rotatable bonds is 7. The summed E-state index contributed by atoms with van der Waals surface area (Å²) in [6, 6.07) is 10.7. The van der Waals surface area contributed by atoms with Crippen molar-refractivity contribution in [1.82, 2.24) is 4.31 Å². The van der Waals surface area contributed by atoms with Crippen molar-refractivity contribution in [3.8, 4) is 11.2 Å². The minimum atomic E-state index is -4.22. The SMILES string of the molecule is N#CS(=O)(=O)N1CCC1C(=O)N(Cc1ccc(C2CCCCC2)cc1)c1ccc(C(=O)O)c(O)c1. The first kappa shape index (κ1) is 24.7. The van der Waals surface area contributed by atoms with Gasteiger partial charge in [-0.05, 0) is 48.4 Å². The van der Waals surface area contributed by atoms with Crippen LogP contribution in [0, 0.1) is 10.7 Å². The van der Waals surface area contributed by atoms with Crippen molar-refractivity contribution >= 4 is 27.6 Å². The molecule has 4 rings (SSSR count). The summed E-state index contributed by atoms with van der Waals surface area (Å²) in [5, 5.41) is 29.6. The molecule has 2 aromatic carbocycles. The van der Waals surface area contributed by atoms with Gasteiger partial charge in [0.1, 0.15) is 17.4 Å². The van der Waals surface area contributed by atoms with Crippen molar-refractivity contribution in [1.29, 1.82) is 5.26 Å². The van der Waals surface area contributed by atoms with E-state index in [0.29, 0.717) is 5.92 Å². The molecule has 2 N–H and O–H groups in total. The van der Waals surface area contributed by atoms with Crippen LogP contribution < -0.4 is 4.90 Å². The number of sulfonamides is 1. The highest BCUT2D eigenvalue weighted by Crippen LogP contribution is 2.34. The highest BCUT2D eigenvalue weighted by molar-refractivity contribution is 7.93. The summed E-state index contributed by atoms with van der Waals surface area (Å²) in [7, 11) is -4.22. The van der Waals surface area contributed by atoms with Crippen LogP contribution in [0.1, 0.15) is 65.9 Å². The van der Waals surface area contributed by atoms with E-state index in [1.54, 1.807) is 0 Å². The van der Waals surface area contributed by atoms with Gasteiger partial charge in [-0.1, -0.05) is 43.5 Å². The number of nitriles is 1. The van der Waals surface area contributed by atoms with E-state index in [4.69, 9.17) is 5.26 Å². The van der Waals surface area contributed by atoms with Crippen molar-refractivity contribution < 1.29 is 28.2 Å². The number of nitrogens with zero attached hydrogens (tertiary/aromatic N) is 3. The molecule has 1 saturated heterocycles. The minimum absolute atomic E-state index is 0.0689. The third kappa shape index (κ3) is 5.16. The van der Waals surface area contributed by atoms with Crippen LogP contribution in [0.25, 0.3) is 0 Å². The second-order valence-electron chi connectivity index (χ2n) is 9.02. The monoisotopic (exact) mass is 497 g/mol. The fourth-order valence-corrected chi connectivity index (χ4v) is 5.79. The topological polar surface area (TPSA) is 139 Å². The lowest BCUT2D eigenvalue weighted by atomic mass is 9.84. The Labute approximate surface area is 204 Å². The van der Waals surface area contributed by atoms with Gasteiger partial charge in [0.25, 0.3) is 0 Å². The van der Waals surface area contributed by atoms with Gasteiger partial charge < -0.3 is 15.1 Å². The second-order valence-corrected chi connectivity index (χ2v) is 10.6. The first-order chi connectivity index (χ1) is 16.7. The van der Waals surface area contributed by atoms with E-state index in [0.717, 1.165) is 22.7 Å². The van der Waals surface area contributed by atoms with Gasteiger partial charge in [0.05, 0.1) is 6.54 Å². The number of hydrogen-bond donors (Lipinski definition) is 2. The summed E-state index contributed by atoms with van der Waals surface area (Å²) in [5.41, 5.74) is 1.97. The number of amides is 1. The lowest BCUT2D eigenvalue weighted by molar-refractivity contribution is -0.125. The van der Waals surface area contributed by atoms with Gasteiger partial charge in [-0.3, -0.25) is 4.79 Å². The molecule has 1 saturated carbocycles. The van der Waals surface area contributed by atoms with Gasteiger partial charge in [0, 0.05) is 18.3 Å². The van der Waals surface area contributed by atoms with E-state index in [1.165, 1.54) is 53.3 Å². The average Bonchev–Trinajstić information content (AvgIpc) is 2.82. The molecule has 0 radical (unpaired) electrons. The number of thiocyanates is 1. The summed E-state index contributed by atoms with van der Waals surface area (Å²) < 4.78 is 25.0. The number of phenols is 1. The zero-order valence-electron chi connectivity index (χ0n) is 19.1. The Kier molecular flexibility index (Phi) is 7.10. The number of hydrogen-bond acceptors (Lipinski definition) is 6. The van der Waals surface area contributed by atoms with Gasteiger partial charge in [0.2, 0.25) is 11.3 Å². The molecule has 1 aliphatic heterocycles. The Morgan fingerprint density at radius 2 is 1.74 bits per heavy atom. The second kappa shape index (κ2) is 10.1. The molecule has 9 nitrogen and oxygen atoms in total. The molecule has 2 aromatic rings. The maximum absolute atomic E-state index is 13.5. The smallest absolute Gasteiger partial charge is 0.339 e. The predicted molar refractivity (Wildman–Crippen MR) is 128 cm³/mol. The predicted octanol–water partition coefficient (Wildman–Crippen LogP) is 3.56. The summed E-state index contributed by atoms with van der Waals surface area (Å²) >= 11 is 0. The van der Waals surface area contributed by atoms with Crippen molar-refractivity contribution in [3.63, 3.8) is 0 Å². The molecule has 0 aromatic heterocycles. The van der Waals surface area contributed by atoms with Crippen molar-refractivity contribution in [2.24, 2.45) is 0 Å². The van der Waals surface area contributed by atoms with Crippen molar-refractivity contribution in [2.45, 2.75) is 57.0 Å². The van der Waals surface area contributed by atoms with Gasteiger partial charge in [-0.25, -0.2) is 4.79 Å². The average molecular weight is 498 g/mol. The van der Waals surface area contributed by atoms with Crippen LogP contribution >= 0.6 is 0 Å². The van der Waals surface area contributed by atoms with Crippen molar-refractivity contribution in [3.05, 3.63) is 59.2 Å². The Morgan fingerprint density at radius 1 is 1.06 bits per heavy atom. The quantitative estimate of drug-likeness (QED) is 0.440. The molecular formula is C25H27N3O6S. The van der Waals surface area contributed by atoms with E-state index in [1.807, 2.05) is 12.1 Å². The number of anilines is 1. The van der Waals surface area contributed by atoms with Gasteiger partial charge in [0.15, 0.2) is 0 Å². The van der Waals surface area contributed by atoms with E-state index >= 15 is 0 Å². The molecule has 1 unspecified atom stereocenters. The number of carboxylic acid groups (broad SMARTS) is 1. The van der Waals surface area contributed by atoms with Crippen LogP contribution in [-0.4, -0.2) is 47.4 Å². The number of carboxylic acids is 1. The van der Waals surface area contributed by atoms with Crippen LogP contribution in [0.5, 0.6) is 5.75 Å². The fourth-order valence-electron chi connectivity index (χ4n) is 4.81. The van der Waals surface area contributed by atoms with E-state index in [9.17, 15) is 28.2 Å². The van der Waals surface area contributed by atoms with E-state index in [2.05, 4.69) is 12.1 Å². The third-order valence-corrected chi connectivity index (χ3v) is 8.15. The van der Waals surface area contributed by atoms with Crippen molar-refractivity contribution in [2.75, 3.05) is 11.4 Å². The maximum Gasteiger partial charge on any atom is 0.339 e. The third-order valence-electron chi connectivity index (χ3n) is 6.87.